The highest BCUT2D eigenvalue weighted by Gasteiger charge is 2.36. The Labute approximate surface area is 186 Å². The van der Waals surface area contributed by atoms with E-state index < -0.39 is 0 Å². The first-order valence-corrected chi connectivity index (χ1v) is 11.6. The highest BCUT2D eigenvalue weighted by molar-refractivity contribution is 5.80. The molecule has 1 N–H and O–H groups in total. The first kappa shape index (κ1) is 21.9. The summed E-state index contributed by atoms with van der Waals surface area (Å²) in [5.41, 5.74) is 1.43. The minimum absolute atomic E-state index is 0.181. The molecule has 0 bridgehead atoms. The van der Waals surface area contributed by atoms with Crippen molar-refractivity contribution in [3.05, 3.63) is 60.1 Å². The molecule has 0 spiro atoms. The van der Waals surface area contributed by atoms with Crippen molar-refractivity contribution in [3.8, 4) is 0 Å². The molecular formula is C25H37N5O. The van der Waals surface area contributed by atoms with E-state index in [0.717, 1.165) is 37.9 Å². The summed E-state index contributed by atoms with van der Waals surface area (Å²) in [6.45, 7) is 5.21. The molecule has 2 aromatic rings. The van der Waals surface area contributed by atoms with Crippen molar-refractivity contribution >= 4 is 5.96 Å². The number of hydrogen-bond acceptors (Lipinski definition) is 4. The Balaban J connectivity index is 1.35. The van der Waals surface area contributed by atoms with Crippen molar-refractivity contribution in [2.75, 3.05) is 47.3 Å². The molecule has 4 rings (SSSR count). The maximum absolute atomic E-state index is 5.66. The normalized spacial score (nSPS) is 23.6. The van der Waals surface area contributed by atoms with Crippen LogP contribution in [0.1, 0.15) is 36.6 Å². The fourth-order valence-corrected chi connectivity index (χ4v) is 5.25. The zero-order valence-electron chi connectivity index (χ0n) is 19.2. The number of piperidine rings is 2. The van der Waals surface area contributed by atoms with Crippen molar-refractivity contribution in [1.29, 1.82) is 0 Å². The first-order valence-electron chi connectivity index (χ1n) is 11.6. The monoisotopic (exact) mass is 423 g/mol. The molecule has 0 saturated carbocycles. The average molecular weight is 424 g/mol. The number of likely N-dealkylation sites (N-methyl/N-ethyl adjacent to an activating group) is 1. The number of guanidine groups is 1. The number of rotatable bonds is 6. The van der Waals surface area contributed by atoms with Crippen LogP contribution in [0.4, 0.5) is 0 Å². The van der Waals surface area contributed by atoms with Crippen LogP contribution in [0.5, 0.6) is 0 Å². The van der Waals surface area contributed by atoms with Gasteiger partial charge in [0.15, 0.2) is 5.96 Å². The summed E-state index contributed by atoms with van der Waals surface area (Å²) >= 11 is 0. The molecule has 2 fully saturated rings. The van der Waals surface area contributed by atoms with E-state index in [0.29, 0.717) is 12.0 Å². The van der Waals surface area contributed by atoms with E-state index >= 15 is 0 Å². The maximum Gasteiger partial charge on any atom is 0.193 e. The number of fused-ring (bicyclic) bond motifs is 1. The molecule has 2 aliphatic rings. The van der Waals surface area contributed by atoms with E-state index in [4.69, 9.17) is 4.42 Å². The van der Waals surface area contributed by atoms with Gasteiger partial charge in [-0.1, -0.05) is 30.3 Å². The van der Waals surface area contributed by atoms with Gasteiger partial charge in [0.05, 0.1) is 12.3 Å². The standard InChI is InChI=1S/C25H37N5O/c1-26-25(27-17-23(28(2)3)24-12-8-16-31-24)30-15-13-22-21(19-30)11-7-14-29(22)18-20-9-5-4-6-10-20/h4-6,8-10,12,16,21-23H,7,11,13-15,17-19H2,1-3H3,(H,26,27). The van der Waals surface area contributed by atoms with Gasteiger partial charge in [-0.3, -0.25) is 14.8 Å². The number of aliphatic imine (C=N–C) groups is 1. The summed E-state index contributed by atoms with van der Waals surface area (Å²) in [6, 6.07) is 15.8. The Kier molecular flexibility index (Phi) is 7.30. The molecule has 0 aliphatic carbocycles. The zero-order valence-corrected chi connectivity index (χ0v) is 19.2. The summed E-state index contributed by atoms with van der Waals surface area (Å²) in [7, 11) is 6.08. The van der Waals surface area contributed by atoms with Crippen molar-refractivity contribution < 1.29 is 4.42 Å². The Morgan fingerprint density at radius 3 is 2.71 bits per heavy atom. The van der Waals surface area contributed by atoms with Gasteiger partial charge in [-0.2, -0.15) is 0 Å². The van der Waals surface area contributed by atoms with Crippen LogP contribution in [0.3, 0.4) is 0 Å². The van der Waals surface area contributed by atoms with Gasteiger partial charge < -0.3 is 14.6 Å². The molecule has 2 saturated heterocycles. The largest absolute Gasteiger partial charge is 0.468 e. The molecule has 3 unspecified atom stereocenters. The lowest BCUT2D eigenvalue weighted by molar-refractivity contribution is 0.0371. The molecule has 0 radical (unpaired) electrons. The lowest BCUT2D eigenvalue weighted by Gasteiger charge is -2.48. The summed E-state index contributed by atoms with van der Waals surface area (Å²) < 4.78 is 5.66. The number of furan rings is 1. The molecular weight excluding hydrogens is 386 g/mol. The van der Waals surface area contributed by atoms with Crippen LogP contribution in [0.15, 0.2) is 58.1 Å². The molecule has 2 aliphatic heterocycles. The average Bonchev–Trinajstić information content (AvgIpc) is 3.31. The Bertz CT molecular complexity index is 820. The molecule has 31 heavy (non-hydrogen) atoms. The Hall–Kier alpha value is -2.31. The minimum atomic E-state index is 0.181. The quantitative estimate of drug-likeness (QED) is 0.570. The molecule has 6 nitrogen and oxygen atoms in total. The van der Waals surface area contributed by atoms with Gasteiger partial charge in [0.1, 0.15) is 5.76 Å². The van der Waals surface area contributed by atoms with Crippen molar-refractivity contribution in [3.63, 3.8) is 0 Å². The Morgan fingerprint density at radius 2 is 2.00 bits per heavy atom. The highest BCUT2D eigenvalue weighted by atomic mass is 16.3. The van der Waals surface area contributed by atoms with Crippen molar-refractivity contribution in [2.45, 2.75) is 37.9 Å². The third kappa shape index (κ3) is 5.31. The number of hydrogen-bond donors (Lipinski definition) is 1. The van der Waals surface area contributed by atoms with Gasteiger partial charge in [0, 0.05) is 39.3 Å². The van der Waals surface area contributed by atoms with Crippen LogP contribution in [0, 0.1) is 5.92 Å². The van der Waals surface area contributed by atoms with E-state index in [1.165, 1.54) is 31.4 Å². The third-order valence-corrected chi connectivity index (χ3v) is 6.87. The number of likely N-dealkylation sites (tertiary alicyclic amines) is 2. The van der Waals surface area contributed by atoms with Crippen molar-refractivity contribution in [2.24, 2.45) is 10.9 Å². The second-order valence-corrected chi connectivity index (χ2v) is 9.08. The smallest absolute Gasteiger partial charge is 0.193 e. The van der Waals surface area contributed by atoms with E-state index in [1.807, 2.05) is 19.2 Å². The topological polar surface area (TPSA) is 47.3 Å². The maximum atomic E-state index is 5.66. The number of benzene rings is 1. The van der Waals surface area contributed by atoms with Gasteiger partial charge in [-0.15, -0.1) is 0 Å². The van der Waals surface area contributed by atoms with Gasteiger partial charge in [-0.25, -0.2) is 0 Å². The van der Waals surface area contributed by atoms with E-state index in [-0.39, 0.29) is 6.04 Å². The SMILES string of the molecule is CN=C(NCC(c1ccco1)N(C)C)N1CCC2C(CCCN2Cc2ccccc2)C1. The van der Waals surface area contributed by atoms with Gasteiger partial charge in [0.25, 0.3) is 0 Å². The summed E-state index contributed by atoms with van der Waals surface area (Å²) in [5.74, 6) is 2.70. The van der Waals surface area contributed by atoms with Crippen LogP contribution >= 0.6 is 0 Å². The number of nitrogens with one attached hydrogen (secondary N) is 1. The molecule has 168 valence electrons. The lowest BCUT2D eigenvalue weighted by atomic mass is 9.83. The molecule has 6 heteroatoms. The second kappa shape index (κ2) is 10.3. The van der Waals surface area contributed by atoms with Gasteiger partial charge >= 0.3 is 0 Å². The molecule has 3 atom stereocenters. The number of nitrogens with zero attached hydrogens (tertiary/aromatic N) is 4. The fraction of sp³-hybridized carbons (Fsp3) is 0.560. The fourth-order valence-electron chi connectivity index (χ4n) is 5.25. The van der Waals surface area contributed by atoms with Gasteiger partial charge in [0.2, 0.25) is 0 Å². The van der Waals surface area contributed by atoms with Crippen LogP contribution in [0.25, 0.3) is 0 Å². The minimum Gasteiger partial charge on any atom is -0.468 e. The zero-order chi connectivity index (χ0) is 21.6. The van der Waals surface area contributed by atoms with E-state index in [2.05, 4.69) is 69.4 Å². The highest BCUT2D eigenvalue weighted by Crippen LogP contribution is 2.31. The van der Waals surface area contributed by atoms with E-state index in [1.54, 1.807) is 6.26 Å². The van der Waals surface area contributed by atoms with Crippen LogP contribution in [-0.2, 0) is 6.54 Å². The third-order valence-electron chi connectivity index (χ3n) is 6.87. The summed E-state index contributed by atoms with van der Waals surface area (Å²) in [6.07, 6.45) is 5.55. The molecule has 3 heterocycles. The molecule has 1 aromatic heterocycles. The Morgan fingerprint density at radius 1 is 1.16 bits per heavy atom. The van der Waals surface area contributed by atoms with Gasteiger partial charge in [-0.05, 0) is 63.5 Å². The predicted molar refractivity (Wildman–Crippen MR) is 126 cm³/mol. The molecule has 0 amide bonds. The predicted octanol–water partition coefficient (Wildman–Crippen LogP) is 3.44. The molecule has 1 aromatic carbocycles. The lowest BCUT2D eigenvalue weighted by Crippen LogP contribution is -2.57. The second-order valence-electron chi connectivity index (χ2n) is 9.08. The van der Waals surface area contributed by atoms with Crippen LogP contribution in [0.2, 0.25) is 0 Å². The van der Waals surface area contributed by atoms with E-state index in [9.17, 15) is 0 Å². The summed E-state index contributed by atoms with van der Waals surface area (Å²) in [5, 5.41) is 3.62. The van der Waals surface area contributed by atoms with Crippen LogP contribution in [-0.4, -0.2) is 74.0 Å². The summed E-state index contributed by atoms with van der Waals surface area (Å²) in [4.78, 5) is 12.0. The first-order chi connectivity index (χ1) is 15.2. The van der Waals surface area contributed by atoms with Crippen LogP contribution < -0.4 is 5.32 Å². The van der Waals surface area contributed by atoms with Crippen molar-refractivity contribution in [1.82, 2.24) is 20.0 Å².